The van der Waals surface area contributed by atoms with Gasteiger partial charge in [-0.25, -0.2) is 0 Å². The van der Waals surface area contributed by atoms with Gasteiger partial charge in [-0.1, -0.05) is 13.8 Å². The Morgan fingerprint density at radius 1 is 1.19 bits per heavy atom. The molecule has 2 atom stereocenters. The number of nitrogens with zero attached hydrogens (tertiary/aromatic N) is 1. The molecule has 2 fully saturated rings. The maximum absolute atomic E-state index is 3.69. The van der Waals surface area contributed by atoms with Crippen LogP contribution in [0.15, 0.2) is 0 Å². The quantitative estimate of drug-likeness (QED) is 0.818. The van der Waals surface area contributed by atoms with Gasteiger partial charge in [0.15, 0.2) is 0 Å². The molecule has 0 amide bonds. The second-order valence-electron chi connectivity index (χ2n) is 5.12. The molecule has 0 radical (unpaired) electrons. The largest absolute Gasteiger partial charge is 0.311 e. The van der Waals surface area contributed by atoms with Crippen LogP contribution in [0.2, 0.25) is 0 Å². The Kier molecular flexibility index (Phi) is 4.98. The van der Waals surface area contributed by atoms with Crippen molar-refractivity contribution in [1.82, 2.24) is 10.2 Å². The number of hydrogen-bond donors (Lipinski definition) is 1. The summed E-state index contributed by atoms with van der Waals surface area (Å²) in [6.07, 6.45) is 5.40. The van der Waals surface area contributed by atoms with E-state index in [9.17, 15) is 0 Å². The van der Waals surface area contributed by atoms with Gasteiger partial charge in [-0.05, 0) is 37.2 Å². The molecule has 0 aromatic carbocycles. The highest BCUT2D eigenvalue weighted by molar-refractivity contribution is 7.99. The maximum Gasteiger partial charge on any atom is 0.0221 e. The summed E-state index contributed by atoms with van der Waals surface area (Å²) < 4.78 is 0. The predicted molar refractivity (Wildman–Crippen MR) is 73.2 cm³/mol. The highest BCUT2D eigenvalue weighted by atomic mass is 32.2. The molecule has 2 aliphatic rings. The summed E-state index contributed by atoms with van der Waals surface area (Å²) in [5.74, 6) is 2.75. The Bertz CT molecular complexity index is 204. The Labute approximate surface area is 105 Å². The lowest BCUT2D eigenvalue weighted by Gasteiger charge is -2.45. The molecule has 0 bridgehead atoms. The molecule has 2 saturated heterocycles. The monoisotopic (exact) mass is 242 g/mol. The molecule has 0 aromatic rings. The lowest BCUT2D eigenvalue weighted by molar-refractivity contribution is 0.0731. The average molecular weight is 242 g/mol. The Morgan fingerprint density at radius 2 is 1.94 bits per heavy atom. The van der Waals surface area contributed by atoms with E-state index in [0.717, 1.165) is 18.1 Å². The van der Waals surface area contributed by atoms with Crippen molar-refractivity contribution in [1.29, 1.82) is 0 Å². The standard InChI is InChI=1S/C13H26N2S/c1-3-11-10-15(12(4-2)9-14-11)13-5-7-16-8-6-13/h11-14H,3-10H2,1-2H3. The molecule has 3 heteroatoms. The first-order chi connectivity index (χ1) is 7.85. The minimum Gasteiger partial charge on any atom is -0.311 e. The van der Waals surface area contributed by atoms with E-state index in [-0.39, 0.29) is 0 Å². The van der Waals surface area contributed by atoms with Crippen molar-refractivity contribution in [3.05, 3.63) is 0 Å². The molecule has 2 nitrogen and oxygen atoms in total. The lowest BCUT2D eigenvalue weighted by Crippen LogP contribution is -2.59. The molecular formula is C13H26N2S. The second-order valence-corrected chi connectivity index (χ2v) is 6.34. The summed E-state index contributed by atoms with van der Waals surface area (Å²) in [6, 6.07) is 2.40. The van der Waals surface area contributed by atoms with Crippen molar-refractivity contribution in [2.45, 2.75) is 57.7 Å². The number of rotatable bonds is 3. The summed E-state index contributed by atoms with van der Waals surface area (Å²) in [7, 11) is 0. The van der Waals surface area contributed by atoms with E-state index in [1.165, 1.54) is 50.3 Å². The molecule has 2 unspecified atom stereocenters. The Balaban J connectivity index is 1.95. The smallest absolute Gasteiger partial charge is 0.0221 e. The fourth-order valence-electron chi connectivity index (χ4n) is 3.00. The fourth-order valence-corrected chi connectivity index (χ4v) is 4.09. The summed E-state index contributed by atoms with van der Waals surface area (Å²) in [5, 5.41) is 3.69. The molecule has 94 valence electrons. The van der Waals surface area contributed by atoms with Gasteiger partial charge in [-0.15, -0.1) is 0 Å². The van der Waals surface area contributed by atoms with Gasteiger partial charge in [0, 0.05) is 31.2 Å². The topological polar surface area (TPSA) is 15.3 Å². The molecule has 2 aliphatic heterocycles. The third-order valence-corrected chi connectivity index (χ3v) is 5.22. The Hall–Kier alpha value is 0.270. The van der Waals surface area contributed by atoms with Gasteiger partial charge in [0.2, 0.25) is 0 Å². The summed E-state index contributed by atoms with van der Waals surface area (Å²) in [4.78, 5) is 2.82. The summed E-state index contributed by atoms with van der Waals surface area (Å²) in [5.41, 5.74) is 0. The van der Waals surface area contributed by atoms with Crippen LogP contribution in [0.1, 0.15) is 39.5 Å². The zero-order chi connectivity index (χ0) is 11.4. The molecule has 2 rings (SSSR count). The highest BCUT2D eigenvalue weighted by Gasteiger charge is 2.31. The number of nitrogens with one attached hydrogen (secondary N) is 1. The molecule has 2 heterocycles. The van der Waals surface area contributed by atoms with Gasteiger partial charge in [0.25, 0.3) is 0 Å². The van der Waals surface area contributed by atoms with E-state index in [1.807, 2.05) is 0 Å². The number of hydrogen-bond acceptors (Lipinski definition) is 3. The van der Waals surface area contributed by atoms with Crippen LogP contribution in [0.25, 0.3) is 0 Å². The van der Waals surface area contributed by atoms with Gasteiger partial charge in [-0.3, -0.25) is 4.90 Å². The van der Waals surface area contributed by atoms with Gasteiger partial charge < -0.3 is 5.32 Å². The normalized spacial score (nSPS) is 34.1. The summed E-state index contributed by atoms with van der Waals surface area (Å²) >= 11 is 2.14. The second kappa shape index (κ2) is 6.27. The first kappa shape index (κ1) is 12.7. The molecule has 0 aromatic heterocycles. The maximum atomic E-state index is 3.69. The van der Waals surface area contributed by atoms with Crippen LogP contribution in [0, 0.1) is 0 Å². The molecular weight excluding hydrogens is 216 g/mol. The van der Waals surface area contributed by atoms with E-state index in [2.05, 4.69) is 35.8 Å². The third-order valence-electron chi connectivity index (χ3n) is 4.17. The van der Waals surface area contributed by atoms with E-state index in [0.29, 0.717) is 0 Å². The predicted octanol–water partition coefficient (Wildman–Crippen LogP) is 2.34. The van der Waals surface area contributed by atoms with Crippen molar-refractivity contribution < 1.29 is 0 Å². The van der Waals surface area contributed by atoms with Gasteiger partial charge in [0.1, 0.15) is 0 Å². The van der Waals surface area contributed by atoms with E-state index < -0.39 is 0 Å². The van der Waals surface area contributed by atoms with Gasteiger partial charge in [0.05, 0.1) is 0 Å². The zero-order valence-electron chi connectivity index (χ0n) is 10.7. The van der Waals surface area contributed by atoms with Crippen LogP contribution >= 0.6 is 11.8 Å². The number of thioether (sulfide) groups is 1. The van der Waals surface area contributed by atoms with Crippen molar-refractivity contribution in [2.75, 3.05) is 24.6 Å². The zero-order valence-corrected chi connectivity index (χ0v) is 11.6. The minimum atomic E-state index is 0.734. The number of piperazine rings is 1. The van der Waals surface area contributed by atoms with Gasteiger partial charge >= 0.3 is 0 Å². The highest BCUT2D eigenvalue weighted by Crippen LogP contribution is 2.26. The van der Waals surface area contributed by atoms with Crippen LogP contribution < -0.4 is 5.32 Å². The van der Waals surface area contributed by atoms with Crippen molar-refractivity contribution in [2.24, 2.45) is 0 Å². The Morgan fingerprint density at radius 3 is 2.56 bits per heavy atom. The van der Waals surface area contributed by atoms with Crippen LogP contribution in [0.5, 0.6) is 0 Å². The average Bonchev–Trinajstić information content (AvgIpc) is 2.39. The summed E-state index contributed by atoms with van der Waals surface area (Å²) in [6.45, 7) is 7.13. The minimum absolute atomic E-state index is 0.734. The first-order valence-corrected chi connectivity index (χ1v) is 8.07. The molecule has 0 spiro atoms. The molecule has 16 heavy (non-hydrogen) atoms. The van der Waals surface area contributed by atoms with Crippen LogP contribution in [0.4, 0.5) is 0 Å². The SMILES string of the molecule is CCC1CN(C2CCSCC2)C(CC)CN1. The van der Waals surface area contributed by atoms with E-state index in [1.54, 1.807) is 0 Å². The third kappa shape index (κ3) is 2.93. The van der Waals surface area contributed by atoms with Crippen LogP contribution in [-0.4, -0.2) is 47.6 Å². The fraction of sp³-hybridized carbons (Fsp3) is 1.00. The van der Waals surface area contributed by atoms with Gasteiger partial charge in [-0.2, -0.15) is 11.8 Å². The van der Waals surface area contributed by atoms with Crippen LogP contribution in [-0.2, 0) is 0 Å². The van der Waals surface area contributed by atoms with Crippen LogP contribution in [0.3, 0.4) is 0 Å². The van der Waals surface area contributed by atoms with E-state index in [4.69, 9.17) is 0 Å². The van der Waals surface area contributed by atoms with Crippen molar-refractivity contribution in [3.8, 4) is 0 Å². The molecule has 1 N–H and O–H groups in total. The van der Waals surface area contributed by atoms with Crippen molar-refractivity contribution >= 4 is 11.8 Å². The molecule has 0 aliphatic carbocycles. The first-order valence-electron chi connectivity index (χ1n) is 6.92. The van der Waals surface area contributed by atoms with Crippen molar-refractivity contribution in [3.63, 3.8) is 0 Å². The lowest BCUT2D eigenvalue weighted by atomic mass is 9.99. The van der Waals surface area contributed by atoms with E-state index >= 15 is 0 Å². The molecule has 0 saturated carbocycles.